The van der Waals surface area contributed by atoms with Crippen molar-refractivity contribution in [3.8, 4) is 11.5 Å². The van der Waals surface area contributed by atoms with Gasteiger partial charge in [0.15, 0.2) is 11.5 Å². The van der Waals surface area contributed by atoms with Crippen molar-refractivity contribution < 1.29 is 9.47 Å². The van der Waals surface area contributed by atoms with E-state index < -0.39 is 0 Å². The second-order valence-corrected chi connectivity index (χ2v) is 5.31. The van der Waals surface area contributed by atoms with Gasteiger partial charge in [-0.2, -0.15) is 0 Å². The van der Waals surface area contributed by atoms with Gasteiger partial charge in [-0.25, -0.2) is 5.43 Å². The number of hydrogen-bond donors (Lipinski definition) is 2. The second kappa shape index (κ2) is 5.76. The summed E-state index contributed by atoms with van der Waals surface area (Å²) < 4.78 is 11.4. The van der Waals surface area contributed by atoms with Crippen LogP contribution in [0.1, 0.15) is 28.3 Å². The molecule has 1 aliphatic heterocycles. The first-order valence-electron chi connectivity index (χ1n) is 7.12. The van der Waals surface area contributed by atoms with Gasteiger partial charge < -0.3 is 9.47 Å². The molecular formula is C17H20N2O2. The number of para-hydroxylation sites is 1. The molecule has 4 nitrogen and oxygen atoms in total. The van der Waals surface area contributed by atoms with E-state index in [1.165, 1.54) is 11.1 Å². The molecule has 0 fully saturated rings. The van der Waals surface area contributed by atoms with E-state index >= 15 is 0 Å². The van der Waals surface area contributed by atoms with Crippen molar-refractivity contribution in [3.63, 3.8) is 0 Å². The van der Waals surface area contributed by atoms with Gasteiger partial charge in [-0.05, 0) is 36.6 Å². The van der Waals surface area contributed by atoms with Gasteiger partial charge in [-0.15, -0.1) is 0 Å². The molecule has 1 aliphatic rings. The number of fused-ring (bicyclic) bond motifs is 1. The Morgan fingerprint density at radius 1 is 1.05 bits per heavy atom. The van der Waals surface area contributed by atoms with Gasteiger partial charge in [-0.1, -0.05) is 30.3 Å². The highest BCUT2D eigenvalue weighted by atomic mass is 16.6. The average molecular weight is 284 g/mol. The predicted molar refractivity (Wildman–Crippen MR) is 82.5 cm³/mol. The largest absolute Gasteiger partial charge is 0.486 e. The molecule has 110 valence electrons. The van der Waals surface area contributed by atoms with Crippen LogP contribution < -0.4 is 20.7 Å². The molecule has 0 radical (unpaired) electrons. The number of hydrogen-bond acceptors (Lipinski definition) is 4. The van der Waals surface area contributed by atoms with E-state index in [4.69, 9.17) is 15.3 Å². The van der Waals surface area contributed by atoms with E-state index in [1.807, 2.05) is 18.2 Å². The fourth-order valence-corrected chi connectivity index (χ4v) is 2.63. The SMILES string of the molecule is Cc1ccc(C(NN)c2cccc3c2OCCO3)cc1C. The molecule has 0 amide bonds. The van der Waals surface area contributed by atoms with Crippen LogP contribution in [0.4, 0.5) is 0 Å². The van der Waals surface area contributed by atoms with Gasteiger partial charge in [0.05, 0.1) is 6.04 Å². The van der Waals surface area contributed by atoms with Crippen molar-refractivity contribution >= 4 is 0 Å². The maximum Gasteiger partial charge on any atom is 0.166 e. The van der Waals surface area contributed by atoms with Crippen molar-refractivity contribution in [1.82, 2.24) is 5.43 Å². The van der Waals surface area contributed by atoms with Crippen LogP contribution in [0.2, 0.25) is 0 Å². The molecule has 0 bridgehead atoms. The topological polar surface area (TPSA) is 56.5 Å². The molecule has 0 saturated carbocycles. The molecule has 4 heteroatoms. The van der Waals surface area contributed by atoms with Crippen LogP contribution in [0, 0.1) is 13.8 Å². The molecule has 0 spiro atoms. The molecule has 1 heterocycles. The van der Waals surface area contributed by atoms with Crippen molar-refractivity contribution in [2.45, 2.75) is 19.9 Å². The van der Waals surface area contributed by atoms with E-state index in [2.05, 4.69) is 37.5 Å². The number of aryl methyl sites for hydroxylation is 2. The zero-order valence-corrected chi connectivity index (χ0v) is 12.3. The number of benzene rings is 2. The summed E-state index contributed by atoms with van der Waals surface area (Å²) in [7, 11) is 0. The fourth-order valence-electron chi connectivity index (χ4n) is 2.63. The van der Waals surface area contributed by atoms with Crippen LogP contribution in [-0.4, -0.2) is 13.2 Å². The molecular weight excluding hydrogens is 264 g/mol. The first-order valence-corrected chi connectivity index (χ1v) is 7.12. The Balaban J connectivity index is 2.06. The Labute approximate surface area is 124 Å². The maximum absolute atomic E-state index is 5.81. The van der Waals surface area contributed by atoms with Crippen LogP contribution in [0.15, 0.2) is 36.4 Å². The van der Waals surface area contributed by atoms with Crippen molar-refractivity contribution in [3.05, 3.63) is 58.7 Å². The minimum atomic E-state index is -0.124. The van der Waals surface area contributed by atoms with Crippen molar-refractivity contribution in [2.75, 3.05) is 13.2 Å². The molecule has 0 saturated heterocycles. The van der Waals surface area contributed by atoms with Crippen LogP contribution in [0.3, 0.4) is 0 Å². The third-order valence-corrected chi connectivity index (χ3v) is 3.94. The van der Waals surface area contributed by atoms with Gasteiger partial charge in [0, 0.05) is 5.56 Å². The molecule has 1 unspecified atom stereocenters. The summed E-state index contributed by atoms with van der Waals surface area (Å²) >= 11 is 0. The number of nitrogens with one attached hydrogen (secondary N) is 1. The van der Waals surface area contributed by atoms with Gasteiger partial charge in [-0.3, -0.25) is 5.84 Å². The van der Waals surface area contributed by atoms with Crippen molar-refractivity contribution in [2.24, 2.45) is 5.84 Å². The Morgan fingerprint density at radius 3 is 2.62 bits per heavy atom. The number of rotatable bonds is 3. The zero-order valence-electron chi connectivity index (χ0n) is 12.3. The quantitative estimate of drug-likeness (QED) is 0.672. The Hall–Kier alpha value is -2.04. The molecule has 2 aromatic carbocycles. The predicted octanol–water partition coefficient (Wildman–Crippen LogP) is 2.63. The van der Waals surface area contributed by atoms with Crippen LogP contribution >= 0.6 is 0 Å². The Kier molecular flexibility index (Phi) is 3.82. The normalized spacial score (nSPS) is 14.8. The molecule has 1 atom stereocenters. The molecule has 3 N–H and O–H groups in total. The van der Waals surface area contributed by atoms with Gasteiger partial charge in [0.25, 0.3) is 0 Å². The van der Waals surface area contributed by atoms with Gasteiger partial charge in [0.2, 0.25) is 0 Å². The molecule has 0 aliphatic carbocycles. The van der Waals surface area contributed by atoms with Crippen LogP contribution in [-0.2, 0) is 0 Å². The highest BCUT2D eigenvalue weighted by molar-refractivity contribution is 5.51. The molecule has 2 aromatic rings. The lowest BCUT2D eigenvalue weighted by Gasteiger charge is -2.25. The van der Waals surface area contributed by atoms with Gasteiger partial charge >= 0.3 is 0 Å². The van der Waals surface area contributed by atoms with E-state index in [0.717, 1.165) is 22.6 Å². The summed E-state index contributed by atoms with van der Waals surface area (Å²) in [6.45, 7) is 5.35. The lowest BCUT2D eigenvalue weighted by atomic mass is 9.95. The minimum absolute atomic E-state index is 0.124. The smallest absolute Gasteiger partial charge is 0.166 e. The highest BCUT2D eigenvalue weighted by Gasteiger charge is 2.22. The summed E-state index contributed by atoms with van der Waals surface area (Å²) in [5, 5.41) is 0. The maximum atomic E-state index is 5.81. The van der Waals surface area contributed by atoms with Crippen molar-refractivity contribution in [1.29, 1.82) is 0 Å². The summed E-state index contributed by atoms with van der Waals surface area (Å²) in [5.41, 5.74) is 7.52. The number of ether oxygens (including phenoxy) is 2. The Bertz CT molecular complexity index is 655. The second-order valence-electron chi connectivity index (χ2n) is 5.31. The third kappa shape index (κ3) is 2.60. The van der Waals surface area contributed by atoms with Crippen LogP contribution in [0.25, 0.3) is 0 Å². The summed E-state index contributed by atoms with van der Waals surface area (Å²) in [5.74, 6) is 7.37. The van der Waals surface area contributed by atoms with E-state index in [1.54, 1.807) is 0 Å². The summed E-state index contributed by atoms with van der Waals surface area (Å²) in [6, 6.07) is 12.1. The molecule has 0 aromatic heterocycles. The lowest BCUT2D eigenvalue weighted by molar-refractivity contribution is 0.169. The number of hydrazine groups is 1. The minimum Gasteiger partial charge on any atom is -0.486 e. The average Bonchev–Trinajstić information content (AvgIpc) is 2.52. The summed E-state index contributed by atoms with van der Waals surface area (Å²) in [4.78, 5) is 0. The Morgan fingerprint density at radius 2 is 1.86 bits per heavy atom. The third-order valence-electron chi connectivity index (χ3n) is 3.94. The standard InChI is InChI=1S/C17H20N2O2/c1-11-6-7-13(10-12(11)2)16(19-18)14-4-3-5-15-17(14)21-9-8-20-15/h3-7,10,16,19H,8-9,18H2,1-2H3. The number of nitrogens with two attached hydrogens (primary N) is 1. The van der Waals surface area contributed by atoms with Gasteiger partial charge in [0.1, 0.15) is 13.2 Å². The monoisotopic (exact) mass is 284 g/mol. The fraction of sp³-hybridized carbons (Fsp3) is 0.294. The van der Waals surface area contributed by atoms with E-state index in [9.17, 15) is 0 Å². The first-order chi connectivity index (χ1) is 10.2. The summed E-state index contributed by atoms with van der Waals surface area (Å²) in [6.07, 6.45) is 0. The highest BCUT2D eigenvalue weighted by Crippen LogP contribution is 2.38. The molecule has 3 rings (SSSR count). The lowest BCUT2D eigenvalue weighted by Crippen LogP contribution is -2.30. The molecule has 21 heavy (non-hydrogen) atoms. The van der Waals surface area contributed by atoms with Crippen LogP contribution in [0.5, 0.6) is 11.5 Å². The zero-order chi connectivity index (χ0) is 14.8. The first kappa shape index (κ1) is 13.9. The van der Waals surface area contributed by atoms with E-state index in [-0.39, 0.29) is 6.04 Å². The van der Waals surface area contributed by atoms with E-state index in [0.29, 0.717) is 13.2 Å².